The molecule has 4 rings (SSSR count). The molecular formula is C20H23N5OS. The molecule has 0 N–H and O–H groups in total. The molecule has 7 heteroatoms. The third-order valence-electron chi connectivity index (χ3n) is 4.71. The number of rotatable bonds is 7. The van der Waals surface area contributed by atoms with Gasteiger partial charge in [0.2, 0.25) is 4.96 Å². The molecule has 2 aromatic carbocycles. The Morgan fingerprint density at radius 2 is 1.85 bits per heavy atom. The Kier molecular flexibility index (Phi) is 5.05. The summed E-state index contributed by atoms with van der Waals surface area (Å²) in [5, 5.41) is 16.5. The fourth-order valence-corrected chi connectivity index (χ4v) is 3.92. The van der Waals surface area contributed by atoms with Gasteiger partial charge in [0.15, 0.2) is 10.8 Å². The Hall–Kier alpha value is -2.51. The SMILES string of the molecule is CCN(CC)Cc1nnc2sc([C@@H](C)Oc3ccc4ccccc4c3)nn12. The molecule has 140 valence electrons. The molecule has 0 spiro atoms. The molecule has 2 aromatic heterocycles. The second-order valence-electron chi connectivity index (χ2n) is 6.48. The molecule has 0 aliphatic carbocycles. The second kappa shape index (κ2) is 7.62. The number of hydrogen-bond acceptors (Lipinski definition) is 6. The highest BCUT2D eigenvalue weighted by Gasteiger charge is 2.18. The van der Waals surface area contributed by atoms with Crippen LogP contribution < -0.4 is 4.74 Å². The first-order chi connectivity index (χ1) is 13.2. The van der Waals surface area contributed by atoms with Gasteiger partial charge in [-0.2, -0.15) is 9.61 Å². The van der Waals surface area contributed by atoms with Gasteiger partial charge in [0, 0.05) is 0 Å². The van der Waals surface area contributed by atoms with E-state index >= 15 is 0 Å². The number of hydrogen-bond donors (Lipinski definition) is 0. The van der Waals surface area contributed by atoms with Gasteiger partial charge in [-0.25, -0.2) is 0 Å². The lowest BCUT2D eigenvalue weighted by atomic mass is 10.1. The van der Waals surface area contributed by atoms with Crippen LogP contribution >= 0.6 is 11.3 Å². The minimum absolute atomic E-state index is 0.154. The zero-order valence-electron chi connectivity index (χ0n) is 15.8. The molecule has 0 saturated heterocycles. The summed E-state index contributed by atoms with van der Waals surface area (Å²) in [5.74, 6) is 1.71. The van der Waals surface area contributed by atoms with E-state index < -0.39 is 0 Å². The average molecular weight is 382 g/mol. The van der Waals surface area contributed by atoms with Gasteiger partial charge in [-0.05, 0) is 42.9 Å². The van der Waals surface area contributed by atoms with E-state index in [4.69, 9.17) is 9.84 Å². The molecule has 6 nitrogen and oxygen atoms in total. The van der Waals surface area contributed by atoms with Crippen molar-refractivity contribution in [2.75, 3.05) is 13.1 Å². The summed E-state index contributed by atoms with van der Waals surface area (Å²) >= 11 is 1.53. The molecule has 0 fully saturated rings. The van der Waals surface area contributed by atoms with Crippen molar-refractivity contribution in [3.05, 3.63) is 53.3 Å². The van der Waals surface area contributed by atoms with E-state index in [1.807, 2.05) is 29.6 Å². The molecule has 1 atom stereocenters. The maximum atomic E-state index is 6.15. The summed E-state index contributed by atoms with van der Waals surface area (Å²) in [7, 11) is 0. The van der Waals surface area contributed by atoms with E-state index in [0.717, 1.165) is 41.2 Å². The zero-order valence-corrected chi connectivity index (χ0v) is 16.6. The van der Waals surface area contributed by atoms with Gasteiger partial charge in [0.05, 0.1) is 6.54 Å². The lowest BCUT2D eigenvalue weighted by Gasteiger charge is -2.15. The minimum atomic E-state index is -0.154. The summed E-state index contributed by atoms with van der Waals surface area (Å²) in [4.78, 5) is 3.10. The lowest BCUT2D eigenvalue weighted by molar-refractivity contribution is 0.225. The topological polar surface area (TPSA) is 55.5 Å². The largest absolute Gasteiger partial charge is 0.483 e. The Morgan fingerprint density at radius 3 is 2.63 bits per heavy atom. The van der Waals surface area contributed by atoms with Gasteiger partial charge in [0.1, 0.15) is 11.9 Å². The molecule has 0 aliphatic rings. The van der Waals surface area contributed by atoms with E-state index in [-0.39, 0.29) is 6.10 Å². The van der Waals surface area contributed by atoms with Crippen LogP contribution in [0.15, 0.2) is 42.5 Å². The molecule has 0 bridgehead atoms. The van der Waals surface area contributed by atoms with Crippen molar-refractivity contribution in [2.24, 2.45) is 0 Å². The Labute approximate surface area is 162 Å². The fraction of sp³-hybridized carbons (Fsp3) is 0.350. The predicted octanol–water partition coefficient (Wildman–Crippen LogP) is 4.32. The maximum absolute atomic E-state index is 6.15. The van der Waals surface area contributed by atoms with Crippen molar-refractivity contribution >= 4 is 27.1 Å². The summed E-state index contributed by atoms with van der Waals surface area (Å²) in [6.45, 7) is 9.01. The normalized spacial score (nSPS) is 12.9. The third-order valence-corrected chi connectivity index (χ3v) is 5.77. The van der Waals surface area contributed by atoms with Gasteiger partial charge >= 0.3 is 0 Å². The first kappa shape index (κ1) is 17.9. The van der Waals surface area contributed by atoms with Crippen LogP contribution in [0.2, 0.25) is 0 Å². The first-order valence-electron chi connectivity index (χ1n) is 9.26. The van der Waals surface area contributed by atoms with Crippen molar-refractivity contribution in [1.29, 1.82) is 0 Å². The molecule has 2 heterocycles. The molecule has 27 heavy (non-hydrogen) atoms. The minimum Gasteiger partial charge on any atom is -0.483 e. The number of aromatic nitrogens is 4. The van der Waals surface area contributed by atoms with Gasteiger partial charge in [-0.3, -0.25) is 4.90 Å². The van der Waals surface area contributed by atoms with E-state index in [9.17, 15) is 0 Å². The van der Waals surface area contributed by atoms with Crippen LogP contribution in [0.5, 0.6) is 5.75 Å². The van der Waals surface area contributed by atoms with Crippen LogP contribution in [-0.4, -0.2) is 37.8 Å². The molecule has 0 saturated carbocycles. The monoisotopic (exact) mass is 381 g/mol. The van der Waals surface area contributed by atoms with Crippen LogP contribution in [0.4, 0.5) is 0 Å². The van der Waals surface area contributed by atoms with Crippen LogP contribution in [0, 0.1) is 0 Å². The summed E-state index contributed by atoms with van der Waals surface area (Å²) in [6, 6.07) is 14.4. The highest BCUT2D eigenvalue weighted by Crippen LogP contribution is 2.28. The summed E-state index contributed by atoms with van der Waals surface area (Å²) in [6.07, 6.45) is -0.154. The van der Waals surface area contributed by atoms with Gasteiger partial charge in [-0.15, -0.1) is 10.2 Å². The molecule has 0 unspecified atom stereocenters. The van der Waals surface area contributed by atoms with E-state index in [2.05, 4.69) is 53.2 Å². The number of fused-ring (bicyclic) bond motifs is 2. The second-order valence-corrected chi connectivity index (χ2v) is 7.47. The van der Waals surface area contributed by atoms with Crippen molar-refractivity contribution in [3.63, 3.8) is 0 Å². The predicted molar refractivity (Wildman–Crippen MR) is 108 cm³/mol. The van der Waals surface area contributed by atoms with Gasteiger partial charge in [-0.1, -0.05) is 55.5 Å². The van der Waals surface area contributed by atoms with Crippen LogP contribution in [0.1, 0.15) is 37.7 Å². The molecular weight excluding hydrogens is 358 g/mol. The highest BCUT2D eigenvalue weighted by molar-refractivity contribution is 7.16. The van der Waals surface area contributed by atoms with Crippen LogP contribution in [0.3, 0.4) is 0 Å². The van der Waals surface area contributed by atoms with E-state index in [0.29, 0.717) is 0 Å². The van der Waals surface area contributed by atoms with Crippen LogP contribution in [0.25, 0.3) is 15.7 Å². The highest BCUT2D eigenvalue weighted by atomic mass is 32.1. The number of nitrogens with zero attached hydrogens (tertiary/aromatic N) is 5. The number of ether oxygens (including phenoxy) is 1. The maximum Gasteiger partial charge on any atom is 0.234 e. The fourth-order valence-electron chi connectivity index (χ4n) is 3.08. The molecule has 0 radical (unpaired) electrons. The zero-order chi connectivity index (χ0) is 18.8. The molecule has 0 amide bonds. The third kappa shape index (κ3) is 3.65. The average Bonchev–Trinajstić information content (AvgIpc) is 3.27. The van der Waals surface area contributed by atoms with Crippen molar-refractivity contribution in [2.45, 2.75) is 33.4 Å². The lowest BCUT2D eigenvalue weighted by Crippen LogP contribution is -2.23. The first-order valence-corrected chi connectivity index (χ1v) is 10.1. The molecule has 4 aromatic rings. The van der Waals surface area contributed by atoms with Crippen LogP contribution in [-0.2, 0) is 6.54 Å². The summed E-state index contributed by atoms with van der Waals surface area (Å²) in [5.41, 5.74) is 0. The van der Waals surface area contributed by atoms with Gasteiger partial charge < -0.3 is 4.74 Å². The molecule has 0 aliphatic heterocycles. The summed E-state index contributed by atoms with van der Waals surface area (Å²) < 4.78 is 7.99. The van der Waals surface area contributed by atoms with Crippen molar-refractivity contribution in [1.82, 2.24) is 24.7 Å². The van der Waals surface area contributed by atoms with Gasteiger partial charge in [0.25, 0.3) is 0 Å². The van der Waals surface area contributed by atoms with Crippen molar-refractivity contribution < 1.29 is 4.74 Å². The Balaban J connectivity index is 1.55. The Bertz CT molecular complexity index is 1050. The standard InChI is InChI=1S/C20H23N5OS/c1-4-24(5-2)13-18-21-22-20-25(18)23-19(27-20)14(3)26-17-11-10-15-8-6-7-9-16(15)12-17/h6-12,14H,4-5,13H2,1-3H3/t14-/m1/s1. The Morgan fingerprint density at radius 1 is 1.07 bits per heavy atom. The smallest absolute Gasteiger partial charge is 0.234 e. The quantitative estimate of drug-likeness (QED) is 0.477. The van der Waals surface area contributed by atoms with E-state index in [1.165, 1.54) is 22.1 Å². The number of benzene rings is 2. The van der Waals surface area contributed by atoms with Crippen molar-refractivity contribution in [3.8, 4) is 5.75 Å². The van der Waals surface area contributed by atoms with E-state index in [1.54, 1.807) is 0 Å².